The van der Waals surface area contributed by atoms with Crippen molar-refractivity contribution in [2.45, 2.75) is 38.2 Å². The molecule has 0 aliphatic carbocycles. The van der Waals surface area contributed by atoms with Gasteiger partial charge in [-0.2, -0.15) is 0 Å². The van der Waals surface area contributed by atoms with E-state index in [0.29, 0.717) is 0 Å². The van der Waals surface area contributed by atoms with Crippen molar-refractivity contribution in [1.29, 1.82) is 0 Å². The van der Waals surface area contributed by atoms with Gasteiger partial charge in [0.2, 0.25) is 0 Å². The Morgan fingerprint density at radius 1 is 1.54 bits per heavy atom. The molecule has 0 saturated carbocycles. The van der Waals surface area contributed by atoms with Crippen LogP contribution in [0.3, 0.4) is 0 Å². The van der Waals surface area contributed by atoms with Gasteiger partial charge in [0.15, 0.2) is 0 Å². The zero-order valence-corrected chi connectivity index (χ0v) is 8.93. The van der Waals surface area contributed by atoms with Crippen LogP contribution in [0.15, 0.2) is 0 Å². The molecule has 1 aliphatic heterocycles. The van der Waals surface area contributed by atoms with Gasteiger partial charge in [0.05, 0.1) is 0 Å². The molecule has 3 atom stereocenters. The van der Waals surface area contributed by atoms with Gasteiger partial charge in [-0.1, -0.05) is 0 Å². The Bertz CT molecular complexity index is 172. The van der Waals surface area contributed by atoms with Crippen molar-refractivity contribution < 1.29 is 19.0 Å². The van der Waals surface area contributed by atoms with Crippen molar-refractivity contribution in [2.24, 2.45) is 5.73 Å². The Balaban J connectivity index is 2.36. The van der Waals surface area contributed by atoms with Crippen LogP contribution in [0, 0.1) is 0 Å². The molecule has 1 fully saturated rings. The van der Waals surface area contributed by atoms with E-state index in [2.05, 4.69) is 0 Å². The van der Waals surface area contributed by atoms with E-state index in [0.717, 1.165) is 12.8 Å². The molecule has 0 bridgehead atoms. The summed E-state index contributed by atoms with van der Waals surface area (Å²) in [6.07, 6.45) is 0.961. The Morgan fingerprint density at radius 3 is 2.54 bits per heavy atom. The molecule has 1 heterocycles. The van der Waals surface area contributed by atoms with Gasteiger partial charge in [-0.25, -0.2) is 0 Å². The van der Waals surface area contributed by atoms with Crippen LogP contribution < -0.4 is 5.73 Å². The van der Waals surface area contributed by atoms with E-state index < -0.39 is 7.94 Å². The average Bonchev–Trinajstić information content (AvgIpc) is 2.31. The van der Waals surface area contributed by atoms with E-state index in [4.69, 9.17) is 24.8 Å². The molecule has 0 aromatic heterocycles. The molecule has 1 rings (SSSR count). The average molecular weight is 211 g/mol. The molecular formula is C7H18NO4P. The second-order valence-electron chi connectivity index (χ2n) is 3.55. The third-order valence-electron chi connectivity index (χ3n) is 2.02. The zero-order chi connectivity index (χ0) is 10.1. The first-order chi connectivity index (χ1) is 5.88. The van der Waals surface area contributed by atoms with Gasteiger partial charge in [0.25, 0.3) is 0 Å². The summed E-state index contributed by atoms with van der Waals surface area (Å²) >= 11 is 0. The summed E-state index contributed by atoms with van der Waals surface area (Å²) in [7, 11) is -3.43. The molecule has 0 aromatic rings. The Kier molecular flexibility index (Phi) is 3.63. The number of rotatable bonds is 3. The number of ether oxygens (including phenoxy) is 1. The summed E-state index contributed by atoms with van der Waals surface area (Å²) in [6, 6.07) is 0. The van der Waals surface area contributed by atoms with Crippen LogP contribution >= 0.6 is 7.94 Å². The van der Waals surface area contributed by atoms with Gasteiger partial charge in [0.1, 0.15) is 0 Å². The van der Waals surface area contributed by atoms with Crippen molar-refractivity contribution in [3.63, 3.8) is 0 Å². The van der Waals surface area contributed by atoms with E-state index in [1.54, 1.807) is 6.92 Å². The minimum atomic E-state index is -3.43. The van der Waals surface area contributed by atoms with Gasteiger partial charge in [-0.3, -0.25) is 0 Å². The first-order valence-electron chi connectivity index (χ1n) is 4.42. The fourth-order valence-corrected chi connectivity index (χ4v) is 2.32. The maximum atomic E-state index is 9.10. The maximum absolute atomic E-state index is 9.10. The summed E-state index contributed by atoms with van der Waals surface area (Å²) < 4.78 is 10.4. The number of hydrogen-bond acceptors (Lipinski definition) is 5. The molecule has 5 nitrogen and oxygen atoms in total. The molecule has 0 radical (unpaired) electrons. The van der Waals surface area contributed by atoms with Gasteiger partial charge in [0, 0.05) is 0 Å². The fourth-order valence-electron chi connectivity index (χ4n) is 1.46. The van der Waals surface area contributed by atoms with Crippen LogP contribution in [0.2, 0.25) is 0 Å². The van der Waals surface area contributed by atoms with Crippen LogP contribution in [0.1, 0.15) is 19.8 Å². The Hall–Kier alpha value is 0.230. The molecular weight excluding hydrogens is 193 g/mol. The number of hydrogen-bond donors (Lipinski definition) is 3. The van der Waals surface area contributed by atoms with Crippen molar-refractivity contribution in [2.75, 3.05) is 6.66 Å². The molecule has 0 amide bonds. The molecule has 1 saturated heterocycles. The van der Waals surface area contributed by atoms with Gasteiger partial charge in [-0.15, -0.1) is 0 Å². The molecule has 6 heteroatoms. The molecule has 80 valence electrons. The van der Waals surface area contributed by atoms with Gasteiger partial charge in [-0.05, 0) is 0 Å². The molecule has 0 spiro atoms. The van der Waals surface area contributed by atoms with Crippen LogP contribution in [0.5, 0.6) is 0 Å². The monoisotopic (exact) mass is 211 g/mol. The molecule has 13 heavy (non-hydrogen) atoms. The quantitative estimate of drug-likeness (QED) is 0.570. The topological polar surface area (TPSA) is 84.9 Å². The van der Waals surface area contributed by atoms with E-state index in [1.165, 1.54) is 6.66 Å². The van der Waals surface area contributed by atoms with Crippen molar-refractivity contribution in [3.05, 3.63) is 0 Å². The van der Waals surface area contributed by atoms with Crippen molar-refractivity contribution >= 4 is 7.94 Å². The predicted molar refractivity (Wildman–Crippen MR) is 51.3 cm³/mol. The van der Waals surface area contributed by atoms with E-state index in [9.17, 15) is 0 Å². The van der Waals surface area contributed by atoms with Crippen molar-refractivity contribution in [1.82, 2.24) is 0 Å². The molecule has 4 N–H and O–H groups in total. The summed E-state index contributed by atoms with van der Waals surface area (Å²) in [5.41, 5.74) is 5.54. The van der Waals surface area contributed by atoms with Crippen LogP contribution in [-0.2, 0) is 9.26 Å². The zero-order valence-electron chi connectivity index (χ0n) is 7.93. The van der Waals surface area contributed by atoms with Crippen LogP contribution in [-0.4, -0.2) is 34.9 Å². The first kappa shape index (κ1) is 11.3. The van der Waals surface area contributed by atoms with Gasteiger partial charge >= 0.3 is 77.6 Å². The Morgan fingerprint density at radius 2 is 2.15 bits per heavy atom. The van der Waals surface area contributed by atoms with E-state index >= 15 is 0 Å². The van der Waals surface area contributed by atoms with Crippen LogP contribution in [0.4, 0.5) is 0 Å². The minimum absolute atomic E-state index is 0.110. The number of nitrogens with two attached hydrogens (primary N) is 1. The summed E-state index contributed by atoms with van der Waals surface area (Å²) in [5, 5.41) is 0. The SMILES string of the molecule is C[C@H](O[PH](C)(O)O)[C@@H]1CC[C@H](N)O1. The van der Waals surface area contributed by atoms with E-state index in [1.807, 2.05) is 0 Å². The molecule has 1 aliphatic rings. The van der Waals surface area contributed by atoms with Crippen molar-refractivity contribution in [3.8, 4) is 0 Å². The van der Waals surface area contributed by atoms with E-state index in [-0.39, 0.29) is 18.4 Å². The molecule has 0 aromatic carbocycles. The third kappa shape index (κ3) is 3.85. The van der Waals surface area contributed by atoms with Crippen LogP contribution in [0.25, 0.3) is 0 Å². The second-order valence-corrected chi connectivity index (χ2v) is 5.65. The summed E-state index contributed by atoms with van der Waals surface area (Å²) in [4.78, 5) is 18.2. The third-order valence-corrected chi connectivity index (χ3v) is 2.84. The normalized spacial score (nSPS) is 33.3. The van der Waals surface area contributed by atoms with Gasteiger partial charge < -0.3 is 0 Å². The fraction of sp³-hybridized carbons (Fsp3) is 1.00. The standard InChI is InChI=1S/C7H18NO4P/c1-5(12-13(2,9)10)6-3-4-7(8)11-6/h5-7,9-10,13H,3-4,8H2,1-2H3/t5-,6-,7+/m0/s1. The molecule has 0 unspecified atom stereocenters. The predicted octanol–water partition coefficient (Wildman–Crippen LogP) is -0.0354. The Labute approximate surface area is 78.4 Å². The first-order valence-corrected chi connectivity index (χ1v) is 6.72. The summed E-state index contributed by atoms with van der Waals surface area (Å²) in [5.74, 6) is 0. The summed E-state index contributed by atoms with van der Waals surface area (Å²) in [6.45, 7) is 3.07. The second kappa shape index (κ2) is 4.17.